The first-order valence-electron chi connectivity index (χ1n) is 6.66. The molecule has 0 aliphatic heterocycles. The SMILES string of the molecule is CN(c1ccccc1/C=N\N)S(=O)(=O)c1ccc(C(F)(F)F)cc1. The molecular formula is C15H14F3N3O2S. The van der Waals surface area contributed by atoms with Gasteiger partial charge in [-0.25, -0.2) is 8.42 Å². The maximum absolute atomic E-state index is 12.6. The van der Waals surface area contributed by atoms with Crippen molar-refractivity contribution >= 4 is 21.9 Å². The lowest BCUT2D eigenvalue weighted by molar-refractivity contribution is -0.137. The van der Waals surface area contributed by atoms with Gasteiger partial charge in [0, 0.05) is 12.6 Å². The summed E-state index contributed by atoms with van der Waals surface area (Å²) in [5.74, 6) is 5.10. The maximum atomic E-state index is 12.6. The molecule has 5 nitrogen and oxygen atoms in total. The zero-order chi connectivity index (χ0) is 18.0. The Kier molecular flexibility index (Phi) is 4.83. The monoisotopic (exact) mass is 357 g/mol. The number of sulfonamides is 1. The van der Waals surface area contributed by atoms with Gasteiger partial charge in [0.15, 0.2) is 0 Å². The van der Waals surface area contributed by atoms with Crippen LogP contribution in [0.4, 0.5) is 18.9 Å². The molecule has 2 aromatic carbocycles. The molecule has 9 heteroatoms. The number of nitrogens with two attached hydrogens (primary N) is 1. The van der Waals surface area contributed by atoms with Crippen molar-refractivity contribution in [1.29, 1.82) is 0 Å². The van der Waals surface area contributed by atoms with Crippen molar-refractivity contribution in [3.63, 3.8) is 0 Å². The minimum absolute atomic E-state index is 0.252. The van der Waals surface area contributed by atoms with Crippen LogP contribution >= 0.6 is 0 Å². The lowest BCUT2D eigenvalue weighted by Crippen LogP contribution is -2.27. The van der Waals surface area contributed by atoms with Gasteiger partial charge in [-0.1, -0.05) is 18.2 Å². The van der Waals surface area contributed by atoms with E-state index >= 15 is 0 Å². The van der Waals surface area contributed by atoms with E-state index in [1.165, 1.54) is 13.3 Å². The van der Waals surface area contributed by atoms with E-state index in [-0.39, 0.29) is 4.90 Å². The molecule has 0 amide bonds. The Hall–Kier alpha value is -2.55. The highest BCUT2D eigenvalue weighted by molar-refractivity contribution is 7.92. The Morgan fingerprint density at radius 1 is 1.08 bits per heavy atom. The third kappa shape index (κ3) is 3.51. The van der Waals surface area contributed by atoms with Crippen molar-refractivity contribution in [2.75, 3.05) is 11.4 Å². The highest BCUT2D eigenvalue weighted by atomic mass is 32.2. The van der Waals surface area contributed by atoms with E-state index in [9.17, 15) is 21.6 Å². The fourth-order valence-electron chi connectivity index (χ4n) is 2.07. The summed E-state index contributed by atoms with van der Waals surface area (Å²) in [6.07, 6.45) is -3.24. The molecule has 2 rings (SSSR count). The van der Waals surface area contributed by atoms with Crippen LogP contribution in [0.3, 0.4) is 0 Å². The number of anilines is 1. The molecule has 0 saturated heterocycles. The fourth-order valence-corrected chi connectivity index (χ4v) is 3.29. The highest BCUT2D eigenvalue weighted by Gasteiger charge is 2.31. The Bertz CT molecular complexity index is 847. The molecule has 0 aliphatic carbocycles. The van der Waals surface area contributed by atoms with Gasteiger partial charge in [-0.15, -0.1) is 0 Å². The lowest BCUT2D eigenvalue weighted by Gasteiger charge is -2.21. The lowest BCUT2D eigenvalue weighted by atomic mass is 10.2. The number of nitrogens with zero attached hydrogens (tertiary/aromatic N) is 2. The molecule has 0 bridgehead atoms. The van der Waals surface area contributed by atoms with Gasteiger partial charge in [0.1, 0.15) is 0 Å². The van der Waals surface area contributed by atoms with Gasteiger partial charge < -0.3 is 5.84 Å². The minimum Gasteiger partial charge on any atom is -0.323 e. The van der Waals surface area contributed by atoms with Crippen LogP contribution in [0.5, 0.6) is 0 Å². The summed E-state index contributed by atoms with van der Waals surface area (Å²) in [5.41, 5.74) is -0.163. The topological polar surface area (TPSA) is 75.8 Å². The molecule has 0 radical (unpaired) electrons. The van der Waals surface area contributed by atoms with Crippen LogP contribution < -0.4 is 10.1 Å². The number of alkyl halides is 3. The van der Waals surface area contributed by atoms with Gasteiger partial charge in [-0.3, -0.25) is 4.31 Å². The van der Waals surface area contributed by atoms with E-state index in [4.69, 9.17) is 5.84 Å². The second-order valence-corrected chi connectivity index (χ2v) is 6.80. The first-order valence-corrected chi connectivity index (χ1v) is 8.10. The molecule has 0 aromatic heterocycles. The van der Waals surface area contributed by atoms with E-state index in [0.717, 1.165) is 28.6 Å². The molecular weight excluding hydrogens is 343 g/mol. The molecule has 24 heavy (non-hydrogen) atoms. The fraction of sp³-hybridized carbons (Fsp3) is 0.133. The van der Waals surface area contributed by atoms with Gasteiger partial charge in [0.25, 0.3) is 10.0 Å². The van der Waals surface area contributed by atoms with Crippen molar-refractivity contribution in [3.8, 4) is 0 Å². The van der Waals surface area contributed by atoms with Crippen molar-refractivity contribution in [3.05, 3.63) is 59.7 Å². The number of para-hydroxylation sites is 1. The minimum atomic E-state index is -4.53. The van der Waals surface area contributed by atoms with Crippen LogP contribution in [-0.4, -0.2) is 21.7 Å². The molecule has 128 valence electrons. The number of halogens is 3. The maximum Gasteiger partial charge on any atom is 0.416 e. The third-order valence-corrected chi connectivity index (χ3v) is 5.12. The van der Waals surface area contributed by atoms with Crippen LogP contribution in [-0.2, 0) is 16.2 Å². The summed E-state index contributed by atoms with van der Waals surface area (Å²) >= 11 is 0. The Balaban J connectivity index is 2.44. The van der Waals surface area contributed by atoms with Gasteiger partial charge in [-0.05, 0) is 30.3 Å². The van der Waals surface area contributed by atoms with Crippen molar-refractivity contribution in [2.24, 2.45) is 10.9 Å². The molecule has 2 aromatic rings. The van der Waals surface area contributed by atoms with E-state index in [2.05, 4.69) is 5.10 Å². The summed E-state index contributed by atoms with van der Waals surface area (Å²) in [6, 6.07) is 9.77. The zero-order valence-electron chi connectivity index (χ0n) is 12.5. The zero-order valence-corrected chi connectivity index (χ0v) is 13.3. The predicted octanol–water partition coefficient (Wildman–Crippen LogP) is 2.82. The summed E-state index contributed by atoms with van der Waals surface area (Å²) in [6.45, 7) is 0. The normalized spacial score (nSPS) is 12.5. The van der Waals surface area contributed by atoms with Crippen LogP contribution in [0.2, 0.25) is 0 Å². The van der Waals surface area contributed by atoms with E-state index in [0.29, 0.717) is 11.3 Å². The summed E-state index contributed by atoms with van der Waals surface area (Å²) in [7, 11) is -2.73. The van der Waals surface area contributed by atoms with Crippen LogP contribution in [0.15, 0.2) is 58.5 Å². The number of rotatable bonds is 4. The standard InChI is InChI=1S/C15H14F3N3O2S/c1-21(14-5-3-2-4-11(14)10-20-19)24(22,23)13-8-6-12(7-9-13)15(16,17)18/h2-10H,19H2,1H3/b20-10-. The van der Waals surface area contributed by atoms with Crippen LogP contribution in [0, 0.1) is 0 Å². The molecule has 0 saturated carbocycles. The Morgan fingerprint density at radius 2 is 1.67 bits per heavy atom. The number of hydrazone groups is 1. The van der Waals surface area contributed by atoms with Gasteiger partial charge >= 0.3 is 6.18 Å². The predicted molar refractivity (Wildman–Crippen MR) is 85.3 cm³/mol. The molecule has 2 N–H and O–H groups in total. The average Bonchev–Trinajstić information content (AvgIpc) is 2.54. The molecule has 0 heterocycles. The van der Waals surface area contributed by atoms with Gasteiger partial charge in [-0.2, -0.15) is 18.3 Å². The first-order chi connectivity index (χ1) is 11.2. The van der Waals surface area contributed by atoms with Crippen LogP contribution in [0.1, 0.15) is 11.1 Å². The number of benzene rings is 2. The number of hydrogen-bond acceptors (Lipinski definition) is 4. The Morgan fingerprint density at radius 3 is 2.21 bits per heavy atom. The molecule has 0 spiro atoms. The summed E-state index contributed by atoms with van der Waals surface area (Å²) in [4.78, 5) is -0.252. The number of hydrogen-bond donors (Lipinski definition) is 1. The van der Waals surface area contributed by atoms with Crippen molar-refractivity contribution < 1.29 is 21.6 Å². The summed E-state index contributed by atoms with van der Waals surface area (Å²) in [5, 5.41) is 3.37. The van der Waals surface area contributed by atoms with Crippen LogP contribution in [0.25, 0.3) is 0 Å². The van der Waals surface area contributed by atoms with E-state index in [1.54, 1.807) is 24.3 Å². The second kappa shape index (κ2) is 6.52. The van der Waals surface area contributed by atoms with E-state index < -0.39 is 21.8 Å². The summed E-state index contributed by atoms with van der Waals surface area (Å²) < 4.78 is 64.0. The highest BCUT2D eigenvalue weighted by Crippen LogP contribution is 2.31. The third-order valence-electron chi connectivity index (χ3n) is 3.33. The molecule has 0 atom stereocenters. The average molecular weight is 357 g/mol. The van der Waals surface area contributed by atoms with Gasteiger partial charge in [0.05, 0.1) is 22.4 Å². The molecule has 0 fully saturated rings. The first kappa shape index (κ1) is 17.8. The smallest absolute Gasteiger partial charge is 0.323 e. The molecule has 0 aliphatic rings. The quantitative estimate of drug-likeness (QED) is 0.519. The largest absolute Gasteiger partial charge is 0.416 e. The molecule has 0 unspecified atom stereocenters. The van der Waals surface area contributed by atoms with E-state index in [1.807, 2.05) is 0 Å². The second-order valence-electron chi connectivity index (χ2n) is 4.83. The Labute approximate surface area is 137 Å². The van der Waals surface area contributed by atoms with Gasteiger partial charge in [0.2, 0.25) is 0 Å². The van der Waals surface area contributed by atoms with Crippen molar-refractivity contribution in [2.45, 2.75) is 11.1 Å². The van der Waals surface area contributed by atoms with Crippen molar-refractivity contribution in [1.82, 2.24) is 0 Å².